The summed E-state index contributed by atoms with van der Waals surface area (Å²) in [6.07, 6.45) is 1.53. The summed E-state index contributed by atoms with van der Waals surface area (Å²) in [4.78, 5) is 8.28. The van der Waals surface area contributed by atoms with Crippen molar-refractivity contribution in [2.24, 2.45) is 5.73 Å². The largest absolute Gasteiger partial charge is 0.388 e. The highest BCUT2D eigenvalue weighted by molar-refractivity contribution is 9.10. The Morgan fingerprint density at radius 3 is 2.83 bits per heavy atom. The molecule has 0 aliphatic carbocycles. The Morgan fingerprint density at radius 1 is 1.39 bits per heavy atom. The Hall–Kier alpha value is -1.60. The number of anilines is 2. The first kappa shape index (κ1) is 12.8. The van der Waals surface area contributed by atoms with E-state index in [1.807, 2.05) is 0 Å². The van der Waals surface area contributed by atoms with E-state index in [1.165, 1.54) is 12.3 Å². The van der Waals surface area contributed by atoms with Crippen LogP contribution in [0.1, 0.15) is 5.69 Å². The molecule has 0 bridgehead atoms. The van der Waals surface area contributed by atoms with Gasteiger partial charge >= 0.3 is 0 Å². The fourth-order valence-electron chi connectivity index (χ4n) is 1.26. The van der Waals surface area contributed by atoms with Crippen LogP contribution in [0.3, 0.4) is 0 Å². The predicted octanol–water partition coefficient (Wildman–Crippen LogP) is 2.76. The Bertz CT molecular complexity index is 605. The van der Waals surface area contributed by atoms with Gasteiger partial charge in [0.2, 0.25) is 5.95 Å². The van der Waals surface area contributed by atoms with Crippen LogP contribution in [0.5, 0.6) is 0 Å². The van der Waals surface area contributed by atoms with Crippen LogP contribution in [0.25, 0.3) is 0 Å². The lowest BCUT2D eigenvalue weighted by Crippen LogP contribution is -2.12. The minimum Gasteiger partial charge on any atom is -0.388 e. The number of hydrogen-bond donors (Lipinski definition) is 2. The molecule has 0 unspecified atom stereocenters. The third kappa shape index (κ3) is 2.99. The van der Waals surface area contributed by atoms with Crippen LogP contribution >= 0.6 is 28.1 Å². The van der Waals surface area contributed by atoms with Gasteiger partial charge in [-0.1, -0.05) is 12.2 Å². The molecule has 4 nitrogen and oxygen atoms in total. The first-order valence-electron chi connectivity index (χ1n) is 4.91. The fraction of sp³-hybridized carbons (Fsp3) is 0. The molecule has 1 aromatic heterocycles. The SMILES string of the molecule is NC(=S)c1ccnc(Nc2ccc(Br)c(F)c2)n1. The Labute approximate surface area is 117 Å². The van der Waals surface area contributed by atoms with E-state index in [1.54, 1.807) is 18.2 Å². The summed E-state index contributed by atoms with van der Waals surface area (Å²) in [5.74, 6) is -0.0625. The number of nitrogens with two attached hydrogens (primary N) is 1. The highest BCUT2D eigenvalue weighted by atomic mass is 79.9. The minimum atomic E-state index is -0.370. The molecule has 2 rings (SSSR count). The lowest BCUT2D eigenvalue weighted by Gasteiger charge is -2.06. The molecule has 92 valence electrons. The van der Waals surface area contributed by atoms with Gasteiger partial charge in [-0.2, -0.15) is 0 Å². The Balaban J connectivity index is 2.25. The zero-order chi connectivity index (χ0) is 13.1. The lowest BCUT2D eigenvalue weighted by molar-refractivity contribution is 0.622. The standard InChI is InChI=1S/C11H8BrFN4S/c12-7-2-1-6(5-8(7)13)16-11-15-4-3-9(17-11)10(14)18/h1-5H,(H2,14,18)(H,15,16,17). The van der Waals surface area contributed by atoms with Crippen molar-refractivity contribution in [3.8, 4) is 0 Å². The fourth-order valence-corrected chi connectivity index (χ4v) is 1.62. The molecule has 1 aromatic carbocycles. The highest BCUT2D eigenvalue weighted by Gasteiger charge is 2.04. The number of aromatic nitrogens is 2. The first-order chi connectivity index (χ1) is 8.56. The maximum Gasteiger partial charge on any atom is 0.227 e. The third-order valence-electron chi connectivity index (χ3n) is 2.08. The van der Waals surface area contributed by atoms with E-state index in [0.717, 1.165) is 0 Å². The van der Waals surface area contributed by atoms with Crippen LogP contribution < -0.4 is 11.1 Å². The summed E-state index contributed by atoms with van der Waals surface area (Å²) in [5.41, 5.74) is 6.46. The number of nitrogens with one attached hydrogen (secondary N) is 1. The zero-order valence-corrected chi connectivity index (χ0v) is 11.4. The van der Waals surface area contributed by atoms with Crippen molar-refractivity contribution in [2.45, 2.75) is 0 Å². The van der Waals surface area contributed by atoms with E-state index >= 15 is 0 Å². The normalized spacial score (nSPS) is 10.1. The summed E-state index contributed by atoms with van der Waals surface area (Å²) < 4.78 is 13.7. The molecule has 0 aliphatic rings. The number of thiocarbonyl (C=S) groups is 1. The molecule has 0 radical (unpaired) electrons. The first-order valence-corrected chi connectivity index (χ1v) is 6.11. The van der Waals surface area contributed by atoms with Crippen LogP contribution in [0.4, 0.5) is 16.0 Å². The van der Waals surface area contributed by atoms with Gasteiger partial charge in [0.1, 0.15) is 16.5 Å². The van der Waals surface area contributed by atoms with Crippen molar-refractivity contribution in [1.29, 1.82) is 0 Å². The van der Waals surface area contributed by atoms with E-state index in [4.69, 9.17) is 18.0 Å². The second kappa shape index (κ2) is 5.36. The molecule has 0 saturated carbocycles. The quantitative estimate of drug-likeness (QED) is 0.849. The molecular formula is C11H8BrFN4S. The number of halogens is 2. The molecule has 0 fully saturated rings. The zero-order valence-electron chi connectivity index (χ0n) is 9.02. The summed E-state index contributed by atoms with van der Waals surface area (Å²) in [5, 5.41) is 2.87. The molecule has 1 heterocycles. The number of nitrogens with zero attached hydrogens (tertiary/aromatic N) is 2. The molecule has 7 heteroatoms. The molecule has 3 N–H and O–H groups in total. The third-order valence-corrected chi connectivity index (χ3v) is 2.94. The molecule has 2 aromatic rings. The maximum atomic E-state index is 13.3. The molecule has 0 aliphatic heterocycles. The van der Waals surface area contributed by atoms with Crippen molar-refractivity contribution in [3.05, 3.63) is 46.4 Å². The number of rotatable bonds is 3. The Kier molecular flexibility index (Phi) is 3.83. The topological polar surface area (TPSA) is 63.8 Å². The average Bonchev–Trinajstić information content (AvgIpc) is 2.34. The summed E-state index contributed by atoms with van der Waals surface area (Å²) >= 11 is 7.90. The molecule has 0 spiro atoms. The van der Waals surface area contributed by atoms with Gasteiger partial charge in [0.25, 0.3) is 0 Å². The molecule has 0 saturated heterocycles. The van der Waals surface area contributed by atoms with E-state index < -0.39 is 0 Å². The molecule has 0 amide bonds. The van der Waals surface area contributed by atoms with E-state index in [0.29, 0.717) is 21.8 Å². The van der Waals surface area contributed by atoms with Crippen LogP contribution in [0, 0.1) is 5.82 Å². The second-order valence-corrected chi connectivity index (χ2v) is 4.68. The van der Waals surface area contributed by atoms with Crippen molar-refractivity contribution in [1.82, 2.24) is 9.97 Å². The van der Waals surface area contributed by atoms with E-state index in [-0.39, 0.29) is 10.8 Å². The van der Waals surface area contributed by atoms with Gasteiger partial charge in [0.05, 0.1) is 4.47 Å². The molecular weight excluding hydrogens is 319 g/mol. The van der Waals surface area contributed by atoms with Crippen LogP contribution in [0.2, 0.25) is 0 Å². The van der Waals surface area contributed by atoms with Gasteiger partial charge in [0.15, 0.2) is 0 Å². The van der Waals surface area contributed by atoms with Crippen molar-refractivity contribution >= 4 is 44.8 Å². The van der Waals surface area contributed by atoms with Gasteiger partial charge in [0, 0.05) is 11.9 Å². The average molecular weight is 327 g/mol. The number of benzene rings is 1. The van der Waals surface area contributed by atoms with Crippen molar-refractivity contribution < 1.29 is 4.39 Å². The maximum absolute atomic E-state index is 13.3. The van der Waals surface area contributed by atoms with Crippen LogP contribution in [-0.4, -0.2) is 15.0 Å². The second-order valence-electron chi connectivity index (χ2n) is 3.38. The molecule has 18 heavy (non-hydrogen) atoms. The minimum absolute atomic E-state index is 0.183. The monoisotopic (exact) mass is 326 g/mol. The summed E-state index contributed by atoms with van der Waals surface area (Å²) in [6, 6.07) is 6.23. The smallest absolute Gasteiger partial charge is 0.227 e. The Morgan fingerprint density at radius 2 is 2.17 bits per heavy atom. The van der Waals surface area contributed by atoms with Gasteiger partial charge in [-0.25, -0.2) is 14.4 Å². The van der Waals surface area contributed by atoms with Crippen LogP contribution in [-0.2, 0) is 0 Å². The predicted molar refractivity (Wildman–Crippen MR) is 75.3 cm³/mol. The molecule has 0 atom stereocenters. The van der Waals surface area contributed by atoms with Gasteiger partial charge in [-0.3, -0.25) is 0 Å². The van der Waals surface area contributed by atoms with Crippen LogP contribution in [0.15, 0.2) is 34.9 Å². The van der Waals surface area contributed by atoms with Gasteiger partial charge in [-0.15, -0.1) is 0 Å². The van der Waals surface area contributed by atoms with Gasteiger partial charge < -0.3 is 11.1 Å². The van der Waals surface area contributed by atoms with Crippen molar-refractivity contribution in [2.75, 3.05) is 5.32 Å². The summed E-state index contributed by atoms with van der Waals surface area (Å²) in [6.45, 7) is 0. The highest BCUT2D eigenvalue weighted by Crippen LogP contribution is 2.21. The van der Waals surface area contributed by atoms with Crippen molar-refractivity contribution in [3.63, 3.8) is 0 Å². The summed E-state index contributed by atoms with van der Waals surface area (Å²) in [7, 11) is 0. The van der Waals surface area contributed by atoms with E-state index in [9.17, 15) is 4.39 Å². The van der Waals surface area contributed by atoms with E-state index in [2.05, 4.69) is 31.2 Å². The lowest BCUT2D eigenvalue weighted by atomic mass is 10.3. The number of hydrogen-bond acceptors (Lipinski definition) is 4. The van der Waals surface area contributed by atoms with Gasteiger partial charge in [-0.05, 0) is 40.2 Å².